The summed E-state index contributed by atoms with van der Waals surface area (Å²) in [6.07, 6.45) is 2.06. The smallest absolute Gasteiger partial charge is 0.127 e. The molecular weight excluding hydrogens is 271 g/mol. The van der Waals surface area contributed by atoms with Crippen LogP contribution in [-0.4, -0.2) is 30.6 Å². The van der Waals surface area contributed by atoms with Crippen molar-refractivity contribution in [1.82, 2.24) is 4.90 Å². The van der Waals surface area contributed by atoms with Gasteiger partial charge in [-0.15, -0.1) is 12.4 Å². The van der Waals surface area contributed by atoms with Crippen LogP contribution in [0.3, 0.4) is 0 Å². The Kier molecular flexibility index (Phi) is 4.38. The number of fused-ring (bicyclic) bond motifs is 1. The minimum atomic E-state index is 0. The molecular formula is C13H18Cl2N2O. The van der Waals surface area contributed by atoms with E-state index in [9.17, 15) is 0 Å². The number of halogens is 2. The molecule has 1 atom stereocenters. The number of nitrogens with two attached hydrogens (primary N) is 1. The van der Waals surface area contributed by atoms with Gasteiger partial charge in [0.1, 0.15) is 5.75 Å². The Balaban J connectivity index is 0.00000120. The Morgan fingerprint density at radius 3 is 3.00 bits per heavy atom. The van der Waals surface area contributed by atoms with E-state index < -0.39 is 0 Å². The van der Waals surface area contributed by atoms with Crippen molar-refractivity contribution in [2.24, 2.45) is 5.73 Å². The minimum Gasteiger partial charge on any atom is -0.493 e. The second-order valence-corrected chi connectivity index (χ2v) is 5.37. The number of benzene rings is 1. The molecule has 0 aromatic heterocycles. The predicted molar refractivity (Wildman–Crippen MR) is 75.8 cm³/mol. The summed E-state index contributed by atoms with van der Waals surface area (Å²) in [6.45, 7) is 3.72. The number of ether oxygens (including phenoxy) is 1. The Labute approximate surface area is 119 Å². The molecule has 2 heterocycles. The zero-order valence-corrected chi connectivity index (χ0v) is 11.8. The summed E-state index contributed by atoms with van der Waals surface area (Å²) >= 11 is 6.14. The maximum absolute atomic E-state index is 6.14. The third-order valence-corrected chi connectivity index (χ3v) is 3.75. The summed E-state index contributed by atoms with van der Waals surface area (Å²) in [4.78, 5) is 2.37. The zero-order valence-electron chi connectivity index (χ0n) is 10.2. The third-order valence-electron chi connectivity index (χ3n) is 3.53. The van der Waals surface area contributed by atoms with Crippen molar-refractivity contribution in [2.45, 2.75) is 25.4 Å². The monoisotopic (exact) mass is 288 g/mol. The fourth-order valence-corrected chi connectivity index (χ4v) is 2.97. The summed E-state index contributed by atoms with van der Waals surface area (Å²) in [5.74, 6) is 1.05. The molecule has 2 N–H and O–H groups in total. The van der Waals surface area contributed by atoms with Gasteiger partial charge in [-0.1, -0.05) is 11.6 Å². The fourth-order valence-electron chi connectivity index (χ4n) is 2.71. The molecule has 0 amide bonds. The lowest BCUT2D eigenvalue weighted by Crippen LogP contribution is -2.26. The molecule has 100 valence electrons. The molecule has 2 aliphatic heterocycles. The van der Waals surface area contributed by atoms with E-state index in [0.717, 1.165) is 49.9 Å². The van der Waals surface area contributed by atoms with E-state index in [0.29, 0.717) is 6.04 Å². The molecule has 3 rings (SSSR count). The number of hydrogen-bond donors (Lipinski definition) is 1. The van der Waals surface area contributed by atoms with Crippen molar-refractivity contribution in [3.05, 3.63) is 28.3 Å². The predicted octanol–water partition coefficient (Wildman–Crippen LogP) is 2.23. The van der Waals surface area contributed by atoms with Crippen molar-refractivity contribution < 1.29 is 4.74 Å². The highest BCUT2D eigenvalue weighted by molar-refractivity contribution is 6.30. The lowest BCUT2D eigenvalue weighted by atomic mass is 10.1. The largest absolute Gasteiger partial charge is 0.493 e. The van der Waals surface area contributed by atoms with Gasteiger partial charge in [0.05, 0.1) is 6.61 Å². The van der Waals surface area contributed by atoms with Crippen molar-refractivity contribution in [3.8, 4) is 5.75 Å². The average molecular weight is 289 g/mol. The van der Waals surface area contributed by atoms with Gasteiger partial charge in [-0.05, 0) is 24.1 Å². The van der Waals surface area contributed by atoms with Crippen LogP contribution in [0.2, 0.25) is 5.02 Å². The second-order valence-electron chi connectivity index (χ2n) is 4.94. The first-order valence-corrected chi connectivity index (χ1v) is 6.52. The van der Waals surface area contributed by atoms with E-state index in [2.05, 4.69) is 4.90 Å². The highest BCUT2D eigenvalue weighted by atomic mass is 35.5. The Morgan fingerprint density at radius 1 is 1.44 bits per heavy atom. The molecule has 1 aromatic rings. The molecule has 1 fully saturated rings. The van der Waals surface area contributed by atoms with Crippen LogP contribution >= 0.6 is 24.0 Å². The van der Waals surface area contributed by atoms with Gasteiger partial charge < -0.3 is 10.5 Å². The molecule has 0 bridgehead atoms. The van der Waals surface area contributed by atoms with Crippen LogP contribution in [0.4, 0.5) is 0 Å². The molecule has 0 radical (unpaired) electrons. The van der Waals surface area contributed by atoms with Crippen molar-refractivity contribution in [2.75, 3.05) is 19.7 Å². The van der Waals surface area contributed by atoms with E-state index >= 15 is 0 Å². The molecule has 18 heavy (non-hydrogen) atoms. The van der Waals surface area contributed by atoms with Crippen LogP contribution in [0, 0.1) is 0 Å². The standard InChI is InChI=1S/C13H17ClN2O.ClH/c14-11-5-9-2-4-17-13(9)10(6-11)7-16-3-1-12(15)8-16;/h5-6,12H,1-4,7-8,15H2;1H/t12-;/m0./s1. The van der Waals surface area contributed by atoms with Gasteiger partial charge in [-0.25, -0.2) is 0 Å². The van der Waals surface area contributed by atoms with Crippen LogP contribution in [0.1, 0.15) is 17.5 Å². The Morgan fingerprint density at radius 2 is 2.28 bits per heavy atom. The molecule has 0 spiro atoms. The minimum absolute atomic E-state index is 0. The maximum atomic E-state index is 6.14. The highest BCUT2D eigenvalue weighted by Gasteiger charge is 2.23. The average Bonchev–Trinajstić information content (AvgIpc) is 2.87. The molecule has 3 nitrogen and oxygen atoms in total. The fraction of sp³-hybridized carbons (Fsp3) is 0.538. The van der Waals surface area contributed by atoms with E-state index in [4.69, 9.17) is 22.1 Å². The summed E-state index contributed by atoms with van der Waals surface area (Å²) in [5, 5.41) is 0.813. The van der Waals surface area contributed by atoms with E-state index in [1.807, 2.05) is 12.1 Å². The lowest BCUT2D eigenvalue weighted by molar-refractivity contribution is 0.310. The van der Waals surface area contributed by atoms with Gasteiger partial charge >= 0.3 is 0 Å². The molecule has 0 saturated carbocycles. The van der Waals surface area contributed by atoms with E-state index in [1.54, 1.807) is 0 Å². The summed E-state index contributed by atoms with van der Waals surface area (Å²) in [7, 11) is 0. The Bertz CT molecular complexity index is 439. The molecule has 0 aliphatic carbocycles. The van der Waals surface area contributed by atoms with Gasteiger partial charge in [0.2, 0.25) is 0 Å². The van der Waals surface area contributed by atoms with Crippen LogP contribution in [0.25, 0.3) is 0 Å². The van der Waals surface area contributed by atoms with Gasteiger partial charge in [0.15, 0.2) is 0 Å². The van der Waals surface area contributed by atoms with E-state index in [1.165, 1.54) is 11.1 Å². The van der Waals surface area contributed by atoms with Crippen molar-refractivity contribution in [1.29, 1.82) is 0 Å². The van der Waals surface area contributed by atoms with Gasteiger partial charge in [0, 0.05) is 42.7 Å². The topological polar surface area (TPSA) is 38.5 Å². The van der Waals surface area contributed by atoms with Crippen LogP contribution in [0.5, 0.6) is 5.75 Å². The summed E-state index contributed by atoms with van der Waals surface area (Å²) in [6, 6.07) is 4.36. The number of likely N-dealkylation sites (tertiary alicyclic amines) is 1. The van der Waals surface area contributed by atoms with Crippen LogP contribution < -0.4 is 10.5 Å². The molecule has 2 aliphatic rings. The van der Waals surface area contributed by atoms with Crippen molar-refractivity contribution >= 4 is 24.0 Å². The van der Waals surface area contributed by atoms with Crippen molar-refractivity contribution in [3.63, 3.8) is 0 Å². The summed E-state index contributed by atoms with van der Waals surface area (Å²) in [5.41, 5.74) is 8.38. The molecule has 1 aromatic carbocycles. The second kappa shape index (κ2) is 5.66. The van der Waals surface area contributed by atoms with Crippen LogP contribution in [-0.2, 0) is 13.0 Å². The molecule has 0 unspecified atom stereocenters. The number of rotatable bonds is 2. The normalized spacial score (nSPS) is 22.4. The van der Waals surface area contributed by atoms with Gasteiger partial charge in [0.25, 0.3) is 0 Å². The van der Waals surface area contributed by atoms with Gasteiger partial charge in [-0.3, -0.25) is 4.90 Å². The van der Waals surface area contributed by atoms with E-state index in [-0.39, 0.29) is 12.4 Å². The first-order valence-electron chi connectivity index (χ1n) is 6.14. The lowest BCUT2D eigenvalue weighted by Gasteiger charge is -2.17. The SMILES string of the molecule is Cl.N[C@H]1CCN(Cc2cc(Cl)cc3c2OCC3)C1. The number of hydrogen-bond acceptors (Lipinski definition) is 3. The molecule has 1 saturated heterocycles. The zero-order chi connectivity index (χ0) is 11.8. The molecule has 5 heteroatoms. The first kappa shape index (κ1) is 13.9. The highest BCUT2D eigenvalue weighted by Crippen LogP contribution is 2.33. The third kappa shape index (κ3) is 2.75. The van der Waals surface area contributed by atoms with Crippen LogP contribution in [0.15, 0.2) is 12.1 Å². The summed E-state index contributed by atoms with van der Waals surface area (Å²) < 4.78 is 5.71. The van der Waals surface area contributed by atoms with Gasteiger partial charge in [-0.2, -0.15) is 0 Å². The Hall–Kier alpha value is -0.480. The first-order chi connectivity index (χ1) is 8.22. The number of nitrogens with zero attached hydrogens (tertiary/aromatic N) is 1. The quantitative estimate of drug-likeness (QED) is 0.907. The maximum Gasteiger partial charge on any atom is 0.127 e.